The Balaban J connectivity index is 2.05. The van der Waals surface area contributed by atoms with Crippen molar-refractivity contribution in [2.24, 2.45) is 11.3 Å². The van der Waals surface area contributed by atoms with Crippen LogP contribution in [0.5, 0.6) is 0 Å². The van der Waals surface area contributed by atoms with Gasteiger partial charge in [-0.3, -0.25) is 9.59 Å². The first kappa shape index (κ1) is 12.8. The Bertz CT molecular complexity index is 460. The van der Waals surface area contributed by atoms with Gasteiger partial charge < -0.3 is 14.2 Å². The maximum Gasteiger partial charge on any atom is 0.319 e. The Morgan fingerprint density at radius 2 is 2.11 bits per heavy atom. The second-order valence-corrected chi connectivity index (χ2v) is 5.72. The Morgan fingerprint density at radius 1 is 1.42 bits per heavy atom. The summed E-state index contributed by atoms with van der Waals surface area (Å²) in [4.78, 5) is 24.8. The third-order valence-electron chi connectivity index (χ3n) is 4.37. The quantitative estimate of drug-likeness (QED) is 0.405. The van der Waals surface area contributed by atoms with Crippen molar-refractivity contribution in [3.63, 3.8) is 0 Å². The average molecular weight is 266 g/mol. The molecule has 0 radical (unpaired) electrons. The second kappa shape index (κ2) is 4.15. The van der Waals surface area contributed by atoms with Gasteiger partial charge in [0, 0.05) is 18.8 Å². The molecule has 0 aromatic carbocycles. The Labute approximate surface area is 111 Å². The van der Waals surface area contributed by atoms with Gasteiger partial charge in [-0.05, 0) is 13.3 Å². The number of fused-ring (bicyclic) bond motifs is 2. The van der Waals surface area contributed by atoms with E-state index < -0.39 is 17.2 Å². The van der Waals surface area contributed by atoms with E-state index >= 15 is 0 Å². The Morgan fingerprint density at radius 3 is 2.74 bits per heavy atom. The third-order valence-corrected chi connectivity index (χ3v) is 4.37. The lowest BCUT2D eigenvalue weighted by Crippen LogP contribution is -2.57. The first-order chi connectivity index (χ1) is 9.01. The van der Waals surface area contributed by atoms with E-state index in [0.717, 1.165) is 5.57 Å². The lowest BCUT2D eigenvalue weighted by Gasteiger charge is -2.47. The summed E-state index contributed by atoms with van der Waals surface area (Å²) in [7, 11) is 1.32. The van der Waals surface area contributed by atoms with Gasteiger partial charge in [0.25, 0.3) is 0 Å². The molecule has 1 saturated carbocycles. The number of carbonyl (C=O) groups is 2. The molecule has 1 aliphatic heterocycles. The van der Waals surface area contributed by atoms with Gasteiger partial charge in [0.1, 0.15) is 5.41 Å². The second-order valence-electron chi connectivity index (χ2n) is 5.72. The molecule has 0 N–H and O–H groups in total. The molecule has 0 amide bonds. The summed E-state index contributed by atoms with van der Waals surface area (Å²) in [6, 6.07) is 0. The monoisotopic (exact) mass is 266 g/mol. The Kier molecular flexibility index (Phi) is 2.80. The number of allylic oxidation sites excluding steroid dienone is 2. The minimum absolute atomic E-state index is 0.0466. The first-order valence-electron chi connectivity index (χ1n) is 6.59. The van der Waals surface area contributed by atoms with Crippen molar-refractivity contribution in [1.82, 2.24) is 0 Å². The smallest absolute Gasteiger partial charge is 0.319 e. The molecule has 0 aromatic rings. The molecule has 2 bridgehead atoms. The summed E-state index contributed by atoms with van der Waals surface area (Å²) in [5.74, 6) is -1.60. The van der Waals surface area contributed by atoms with E-state index in [1.54, 1.807) is 0 Å². The van der Waals surface area contributed by atoms with E-state index in [-0.39, 0.29) is 18.1 Å². The number of ether oxygens (including phenoxy) is 3. The molecule has 2 atom stereocenters. The van der Waals surface area contributed by atoms with Gasteiger partial charge in [-0.25, -0.2) is 0 Å². The fourth-order valence-corrected chi connectivity index (χ4v) is 3.72. The van der Waals surface area contributed by atoms with Crippen LogP contribution in [0.4, 0.5) is 0 Å². The molecule has 104 valence electrons. The number of esters is 1. The van der Waals surface area contributed by atoms with Gasteiger partial charge in [-0.1, -0.05) is 11.6 Å². The number of hydrogen-bond acceptors (Lipinski definition) is 5. The number of methoxy groups -OCH3 is 1. The number of Topliss-reactive ketones (excluding diaryl/α,β-unsaturated/α-hetero) is 1. The molecule has 0 unspecified atom stereocenters. The zero-order valence-electron chi connectivity index (χ0n) is 11.2. The highest BCUT2D eigenvalue weighted by Crippen LogP contribution is 2.52. The van der Waals surface area contributed by atoms with Gasteiger partial charge in [0.2, 0.25) is 0 Å². The summed E-state index contributed by atoms with van der Waals surface area (Å²) in [5, 5.41) is 0. The molecule has 2 fully saturated rings. The lowest BCUT2D eigenvalue weighted by atomic mass is 9.60. The van der Waals surface area contributed by atoms with Crippen molar-refractivity contribution in [1.29, 1.82) is 0 Å². The fourth-order valence-electron chi connectivity index (χ4n) is 3.72. The van der Waals surface area contributed by atoms with E-state index in [2.05, 4.69) is 0 Å². The van der Waals surface area contributed by atoms with Crippen molar-refractivity contribution in [2.45, 2.75) is 32.0 Å². The number of carbonyl (C=O) groups excluding carboxylic acids is 2. The Hall–Kier alpha value is -1.20. The highest BCUT2D eigenvalue weighted by molar-refractivity contribution is 6.07. The molecule has 1 spiro atoms. The molecule has 5 nitrogen and oxygen atoms in total. The summed E-state index contributed by atoms with van der Waals surface area (Å²) in [6.45, 7) is 2.98. The molecule has 5 heteroatoms. The van der Waals surface area contributed by atoms with Crippen LogP contribution in [0.3, 0.4) is 0 Å². The minimum Gasteiger partial charge on any atom is -0.468 e. The maximum atomic E-state index is 12.6. The minimum atomic E-state index is -1.12. The maximum absolute atomic E-state index is 12.6. The van der Waals surface area contributed by atoms with Crippen LogP contribution in [0.15, 0.2) is 11.6 Å². The van der Waals surface area contributed by atoms with Gasteiger partial charge in [-0.2, -0.15) is 0 Å². The first-order valence-corrected chi connectivity index (χ1v) is 6.59. The lowest BCUT2D eigenvalue weighted by molar-refractivity contribution is -0.215. The van der Waals surface area contributed by atoms with E-state index in [0.29, 0.717) is 26.1 Å². The molecule has 3 aliphatic rings. The molecule has 2 aliphatic carbocycles. The summed E-state index contributed by atoms with van der Waals surface area (Å²) >= 11 is 0. The van der Waals surface area contributed by atoms with Gasteiger partial charge in [-0.15, -0.1) is 0 Å². The predicted molar refractivity (Wildman–Crippen MR) is 65.2 cm³/mol. The highest BCUT2D eigenvalue weighted by atomic mass is 16.7. The standard InChI is InChI=1S/C14H18O5/c1-9-5-10-7-14(18-3-4-19-14)8-13(6-9,11(10)15)12(16)17-2/h5,10H,3-4,6-8H2,1-2H3/t10-,13-/m0/s1. The predicted octanol–water partition coefficient (Wildman–Crippen LogP) is 1.22. The van der Waals surface area contributed by atoms with Crippen LogP contribution < -0.4 is 0 Å². The number of rotatable bonds is 1. The van der Waals surface area contributed by atoms with E-state index in [9.17, 15) is 9.59 Å². The van der Waals surface area contributed by atoms with Crippen LogP contribution in [0.2, 0.25) is 0 Å². The van der Waals surface area contributed by atoms with Crippen molar-refractivity contribution >= 4 is 11.8 Å². The molecule has 0 aromatic heterocycles. The SMILES string of the molecule is COC(=O)[C@@]12CC(C)=C[C@@H](CC3(C1)OCCO3)C2=O. The van der Waals surface area contributed by atoms with Crippen molar-refractivity contribution < 1.29 is 23.8 Å². The van der Waals surface area contributed by atoms with Crippen LogP contribution in [-0.4, -0.2) is 37.9 Å². The van der Waals surface area contributed by atoms with Gasteiger partial charge >= 0.3 is 5.97 Å². The van der Waals surface area contributed by atoms with E-state index in [4.69, 9.17) is 14.2 Å². The van der Waals surface area contributed by atoms with Gasteiger partial charge in [0.05, 0.1) is 20.3 Å². The van der Waals surface area contributed by atoms with Crippen molar-refractivity contribution in [3.8, 4) is 0 Å². The number of hydrogen-bond donors (Lipinski definition) is 0. The number of ketones is 1. The zero-order valence-corrected chi connectivity index (χ0v) is 11.2. The topological polar surface area (TPSA) is 61.8 Å². The van der Waals surface area contributed by atoms with Crippen LogP contribution in [0.25, 0.3) is 0 Å². The summed E-state index contributed by atoms with van der Waals surface area (Å²) in [5.41, 5.74) is -0.0660. The van der Waals surface area contributed by atoms with Gasteiger partial charge in [0.15, 0.2) is 11.6 Å². The van der Waals surface area contributed by atoms with E-state index in [1.807, 2.05) is 13.0 Å². The van der Waals surface area contributed by atoms with Crippen LogP contribution in [0, 0.1) is 11.3 Å². The normalized spacial score (nSPS) is 36.2. The fraction of sp³-hybridized carbons (Fsp3) is 0.714. The molecule has 1 heterocycles. The zero-order chi connectivity index (χ0) is 13.7. The largest absolute Gasteiger partial charge is 0.468 e. The molecule has 3 rings (SSSR count). The molecule has 1 saturated heterocycles. The summed E-state index contributed by atoms with van der Waals surface area (Å²) in [6.07, 6.45) is 3.12. The molecular formula is C14H18O5. The average Bonchev–Trinajstić information content (AvgIpc) is 2.80. The molecule has 19 heavy (non-hydrogen) atoms. The third kappa shape index (κ3) is 1.75. The van der Waals surface area contributed by atoms with Crippen LogP contribution >= 0.6 is 0 Å². The van der Waals surface area contributed by atoms with Crippen molar-refractivity contribution in [3.05, 3.63) is 11.6 Å². The van der Waals surface area contributed by atoms with Crippen LogP contribution in [-0.2, 0) is 23.8 Å². The van der Waals surface area contributed by atoms with Crippen molar-refractivity contribution in [2.75, 3.05) is 20.3 Å². The van der Waals surface area contributed by atoms with E-state index in [1.165, 1.54) is 7.11 Å². The summed E-state index contributed by atoms with van der Waals surface area (Å²) < 4.78 is 16.3. The molecular weight excluding hydrogens is 248 g/mol. The highest BCUT2D eigenvalue weighted by Gasteiger charge is 2.62. The van der Waals surface area contributed by atoms with Crippen LogP contribution in [0.1, 0.15) is 26.2 Å².